The average Bonchev–Trinajstić information content (AvgIpc) is 2.84. The summed E-state index contributed by atoms with van der Waals surface area (Å²) in [5.41, 5.74) is 1.87. The van der Waals surface area contributed by atoms with Gasteiger partial charge in [-0.2, -0.15) is 0 Å². The van der Waals surface area contributed by atoms with Gasteiger partial charge in [-0.25, -0.2) is 4.73 Å². The molecule has 2 aromatic carbocycles. The molecule has 2 heterocycles. The van der Waals surface area contributed by atoms with Gasteiger partial charge in [-0.05, 0) is 30.2 Å². The fraction of sp³-hybridized carbons (Fsp3) is 0.308. The van der Waals surface area contributed by atoms with Crippen LogP contribution >= 0.6 is 0 Å². The minimum Gasteiger partial charge on any atom is -0.711 e. The number of amides is 1. The second-order valence-electron chi connectivity index (χ2n) is 8.05. The number of ether oxygens (including phenoxy) is 2. The third kappa shape index (κ3) is 5.19. The van der Waals surface area contributed by atoms with Crippen LogP contribution in [0, 0.1) is 5.21 Å². The summed E-state index contributed by atoms with van der Waals surface area (Å²) in [7, 11) is 1.87. The van der Waals surface area contributed by atoms with Crippen LogP contribution in [-0.4, -0.2) is 32.7 Å². The van der Waals surface area contributed by atoms with Gasteiger partial charge in [0, 0.05) is 25.1 Å². The van der Waals surface area contributed by atoms with Gasteiger partial charge in [-0.3, -0.25) is 9.69 Å². The topological polar surface area (TPSA) is 69.0 Å². The minimum absolute atomic E-state index is 0.00142. The number of hydrogen-bond donors (Lipinski definition) is 0. The van der Waals surface area contributed by atoms with Crippen molar-refractivity contribution in [2.75, 3.05) is 36.5 Å². The molecular weight excluding hydrogens is 418 g/mol. The number of benzene rings is 2. The van der Waals surface area contributed by atoms with Gasteiger partial charge >= 0.3 is 0 Å². The first-order valence-corrected chi connectivity index (χ1v) is 11.2. The number of aromatic nitrogens is 1. The predicted octanol–water partition coefficient (Wildman–Crippen LogP) is 4.10. The van der Waals surface area contributed by atoms with Crippen LogP contribution < -0.4 is 24.0 Å². The van der Waals surface area contributed by atoms with Crippen LogP contribution in [0.15, 0.2) is 72.9 Å². The maximum Gasteiger partial charge on any atom is 0.279 e. The van der Waals surface area contributed by atoms with E-state index in [4.69, 9.17) is 9.47 Å². The van der Waals surface area contributed by atoms with Crippen LogP contribution in [-0.2, 0) is 4.79 Å². The summed E-state index contributed by atoms with van der Waals surface area (Å²) < 4.78 is 12.8. The van der Waals surface area contributed by atoms with Gasteiger partial charge in [0.05, 0.1) is 25.5 Å². The molecule has 1 aliphatic heterocycles. The Hall–Kier alpha value is -3.74. The van der Waals surface area contributed by atoms with E-state index in [-0.39, 0.29) is 18.6 Å². The molecule has 0 saturated heterocycles. The Morgan fingerprint density at radius 1 is 1.15 bits per heavy atom. The number of hydrogen-bond acceptors (Lipinski definition) is 5. The van der Waals surface area contributed by atoms with Crippen molar-refractivity contribution >= 4 is 17.4 Å². The monoisotopic (exact) mass is 447 g/mol. The van der Waals surface area contributed by atoms with Crippen LogP contribution in [0.25, 0.3) is 0 Å². The first kappa shape index (κ1) is 22.5. The van der Waals surface area contributed by atoms with Gasteiger partial charge in [0.1, 0.15) is 17.6 Å². The summed E-state index contributed by atoms with van der Waals surface area (Å²) in [4.78, 5) is 16.2. The van der Waals surface area contributed by atoms with E-state index in [2.05, 4.69) is 19.1 Å². The highest BCUT2D eigenvalue weighted by molar-refractivity contribution is 5.97. The van der Waals surface area contributed by atoms with Crippen LogP contribution in [0.3, 0.4) is 0 Å². The molecule has 7 heteroatoms. The Balaban J connectivity index is 1.42. The third-order valence-corrected chi connectivity index (χ3v) is 5.76. The van der Waals surface area contributed by atoms with Gasteiger partial charge in [-0.1, -0.05) is 43.3 Å². The van der Waals surface area contributed by atoms with Crippen molar-refractivity contribution in [1.82, 2.24) is 0 Å². The van der Waals surface area contributed by atoms with Crippen molar-refractivity contribution in [3.05, 3.63) is 83.7 Å². The highest BCUT2D eigenvalue weighted by Crippen LogP contribution is 2.37. The van der Waals surface area contributed by atoms with E-state index in [0.717, 1.165) is 22.4 Å². The summed E-state index contributed by atoms with van der Waals surface area (Å²) in [5, 5.41) is 11.9. The molecule has 0 radical (unpaired) electrons. The average molecular weight is 448 g/mol. The van der Waals surface area contributed by atoms with Crippen LogP contribution in [0.5, 0.6) is 11.5 Å². The smallest absolute Gasteiger partial charge is 0.279 e. The Labute approximate surface area is 194 Å². The molecule has 0 fully saturated rings. The molecule has 0 aliphatic carbocycles. The lowest BCUT2D eigenvalue weighted by atomic mass is 10.1. The first-order chi connectivity index (χ1) is 16.1. The van der Waals surface area contributed by atoms with E-state index in [1.54, 1.807) is 17.0 Å². The van der Waals surface area contributed by atoms with Crippen molar-refractivity contribution < 1.29 is 19.0 Å². The maximum atomic E-state index is 12.6. The molecule has 1 atom stereocenters. The zero-order valence-electron chi connectivity index (χ0n) is 19.0. The van der Waals surface area contributed by atoms with Gasteiger partial charge < -0.3 is 19.6 Å². The molecule has 1 amide bonds. The van der Waals surface area contributed by atoms with E-state index in [9.17, 15) is 10.0 Å². The Bertz CT molecular complexity index is 1090. The van der Waals surface area contributed by atoms with E-state index in [1.807, 2.05) is 54.4 Å². The fourth-order valence-electron chi connectivity index (χ4n) is 4.02. The molecule has 0 bridgehead atoms. The molecule has 1 aromatic heterocycles. The maximum absolute atomic E-state index is 12.6. The normalized spacial score (nSPS) is 13.8. The Kier molecular flexibility index (Phi) is 6.98. The van der Waals surface area contributed by atoms with Crippen LogP contribution in [0.1, 0.15) is 31.4 Å². The lowest BCUT2D eigenvalue weighted by molar-refractivity contribution is -0.592. The number of nitrogens with zero attached hydrogens (tertiary/aromatic N) is 3. The minimum atomic E-state index is -0.0758. The second-order valence-corrected chi connectivity index (χ2v) is 8.05. The zero-order valence-corrected chi connectivity index (χ0v) is 19.0. The third-order valence-electron chi connectivity index (χ3n) is 5.76. The van der Waals surface area contributed by atoms with Gasteiger partial charge in [-0.15, -0.1) is 0 Å². The summed E-state index contributed by atoms with van der Waals surface area (Å²) in [6.07, 6.45) is 2.97. The zero-order chi connectivity index (χ0) is 23.2. The van der Waals surface area contributed by atoms with E-state index in [0.29, 0.717) is 36.8 Å². The van der Waals surface area contributed by atoms with Crippen molar-refractivity contribution in [2.24, 2.45) is 0 Å². The summed E-state index contributed by atoms with van der Waals surface area (Å²) in [5.74, 6) is 1.86. The number of rotatable bonds is 9. The van der Waals surface area contributed by atoms with E-state index >= 15 is 0 Å². The summed E-state index contributed by atoms with van der Waals surface area (Å²) in [6.45, 7) is 3.27. The molecule has 0 spiro atoms. The molecule has 0 N–H and O–H groups in total. The van der Waals surface area contributed by atoms with Crippen LogP contribution in [0.2, 0.25) is 0 Å². The molecular formula is C26H29N3O4. The number of carbonyl (C=O) groups is 1. The number of anilines is 2. The molecule has 1 unspecified atom stereocenters. The van der Waals surface area contributed by atoms with E-state index in [1.165, 1.54) is 6.20 Å². The first-order valence-electron chi connectivity index (χ1n) is 11.2. The van der Waals surface area contributed by atoms with Crippen LogP contribution in [0.4, 0.5) is 11.5 Å². The van der Waals surface area contributed by atoms with Gasteiger partial charge in [0.2, 0.25) is 0 Å². The van der Waals surface area contributed by atoms with E-state index < -0.39 is 0 Å². The predicted molar refractivity (Wildman–Crippen MR) is 128 cm³/mol. The molecule has 3 aromatic rings. The van der Waals surface area contributed by atoms with Gasteiger partial charge in [0.15, 0.2) is 6.61 Å². The molecule has 33 heavy (non-hydrogen) atoms. The highest BCUT2D eigenvalue weighted by Gasteiger charge is 2.26. The van der Waals surface area contributed by atoms with Crippen molar-refractivity contribution in [1.29, 1.82) is 0 Å². The lowest BCUT2D eigenvalue weighted by Gasteiger charge is -2.30. The standard InChI is InChI=1S/C26H29N3O4/c1-3-23(20-10-5-4-6-11-20)33-21-13-14-22-24(18-21)32-19-26(30)28(22)16-9-15-27(2)25-12-7-8-17-29(25)31/h4-8,10-14,17-18,23H,3,9,15-16,19H2,1-2H3. The molecule has 0 saturated carbocycles. The molecule has 7 nitrogen and oxygen atoms in total. The number of pyridine rings is 1. The fourth-order valence-corrected chi connectivity index (χ4v) is 4.02. The van der Waals surface area contributed by atoms with Gasteiger partial charge in [0.25, 0.3) is 11.7 Å². The SMILES string of the molecule is CCC(Oc1ccc2c(c1)OCC(=O)N2CCCN(C)c1cccc[n+]1[O-])c1ccccc1. The number of carbonyl (C=O) groups excluding carboxylic acids is 1. The van der Waals surface area contributed by atoms with Crippen molar-refractivity contribution in [3.8, 4) is 11.5 Å². The lowest BCUT2D eigenvalue weighted by Crippen LogP contribution is -2.41. The number of fused-ring (bicyclic) bond motifs is 1. The Morgan fingerprint density at radius 2 is 1.94 bits per heavy atom. The largest absolute Gasteiger partial charge is 0.711 e. The van der Waals surface area contributed by atoms with Crippen molar-refractivity contribution in [2.45, 2.75) is 25.9 Å². The van der Waals surface area contributed by atoms with Crippen molar-refractivity contribution in [3.63, 3.8) is 0 Å². The molecule has 4 rings (SSSR count). The quantitative estimate of drug-likeness (QED) is 0.365. The molecule has 172 valence electrons. The Morgan fingerprint density at radius 3 is 2.70 bits per heavy atom. The summed E-state index contributed by atoms with van der Waals surface area (Å²) in [6, 6.07) is 21.1. The molecule has 1 aliphatic rings. The summed E-state index contributed by atoms with van der Waals surface area (Å²) >= 11 is 0. The highest BCUT2D eigenvalue weighted by atomic mass is 16.5. The second kappa shape index (κ2) is 10.3.